The van der Waals surface area contributed by atoms with Gasteiger partial charge in [-0.25, -0.2) is 0 Å². The molecule has 2 atom stereocenters. The third-order valence-corrected chi connectivity index (χ3v) is 4.34. The van der Waals surface area contributed by atoms with Crippen molar-refractivity contribution in [3.05, 3.63) is 30.1 Å². The van der Waals surface area contributed by atoms with Gasteiger partial charge in [-0.15, -0.1) is 0 Å². The first kappa shape index (κ1) is 14.0. The molecule has 1 aromatic heterocycles. The van der Waals surface area contributed by atoms with E-state index in [-0.39, 0.29) is 17.9 Å². The molecule has 1 unspecified atom stereocenters. The van der Waals surface area contributed by atoms with E-state index in [4.69, 9.17) is 5.41 Å². The van der Waals surface area contributed by atoms with E-state index in [0.717, 1.165) is 32.5 Å². The van der Waals surface area contributed by atoms with Crippen molar-refractivity contribution < 1.29 is 4.79 Å². The van der Waals surface area contributed by atoms with Crippen LogP contribution in [0.1, 0.15) is 18.4 Å². The maximum atomic E-state index is 12.0. The van der Waals surface area contributed by atoms with Crippen LogP contribution in [0.15, 0.2) is 24.5 Å². The first-order valence-corrected chi connectivity index (χ1v) is 7.37. The highest BCUT2D eigenvalue weighted by Gasteiger charge is 2.36. The number of likely N-dealkylation sites (tertiary alicyclic amines) is 1. The normalized spacial score (nSPS) is 26.4. The summed E-state index contributed by atoms with van der Waals surface area (Å²) in [6.45, 7) is 3.00. The number of nitrogens with one attached hydrogen (secondary N) is 2. The molecular formula is C15H21N5O. The van der Waals surface area contributed by atoms with E-state index < -0.39 is 0 Å². The number of rotatable bonds is 4. The van der Waals surface area contributed by atoms with Gasteiger partial charge >= 0.3 is 0 Å². The van der Waals surface area contributed by atoms with E-state index in [2.05, 4.69) is 21.3 Å². The third kappa shape index (κ3) is 3.05. The molecule has 0 bridgehead atoms. The standard InChI is InChI=1S/C15H21N5O/c1-19-14(21)13(18-15(19)16)7-11-4-6-20(9-11)10-12-3-2-5-17-8-12/h2-3,5,8,11,13H,4,6-7,9-10H2,1H3,(H2,16,18)/t11-,13?/m0/s1. The summed E-state index contributed by atoms with van der Waals surface area (Å²) in [5, 5.41) is 10.6. The molecule has 0 radical (unpaired) electrons. The monoisotopic (exact) mass is 287 g/mol. The van der Waals surface area contributed by atoms with Crippen LogP contribution < -0.4 is 5.32 Å². The van der Waals surface area contributed by atoms with E-state index >= 15 is 0 Å². The summed E-state index contributed by atoms with van der Waals surface area (Å²) in [6.07, 6.45) is 5.63. The summed E-state index contributed by atoms with van der Waals surface area (Å²) in [5.74, 6) is 0.753. The molecule has 2 saturated heterocycles. The lowest BCUT2D eigenvalue weighted by atomic mass is 9.99. The molecule has 2 aliphatic heterocycles. The minimum absolute atomic E-state index is 0.0192. The summed E-state index contributed by atoms with van der Waals surface area (Å²) >= 11 is 0. The van der Waals surface area contributed by atoms with Crippen molar-refractivity contribution in [1.82, 2.24) is 20.1 Å². The number of carbonyl (C=O) groups excluding carboxylic acids is 1. The van der Waals surface area contributed by atoms with Crippen molar-refractivity contribution in [2.75, 3.05) is 20.1 Å². The zero-order chi connectivity index (χ0) is 14.8. The SMILES string of the molecule is CN1C(=N)NC(C[C@@H]2CCN(Cc3cccnc3)C2)C1=O. The van der Waals surface area contributed by atoms with Crippen molar-refractivity contribution in [3.63, 3.8) is 0 Å². The Morgan fingerprint density at radius 3 is 3.05 bits per heavy atom. The van der Waals surface area contributed by atoms with Gasteiger partial charge in [0.05, 0.1) is 0 Å². The molecule has 2 fully saturated rings. The highest BCUT2D eigenvalue weighted by atomic mass is 16.2. The Labute approximate surface area is 124 Å². The molecule has 1 amide bonds. The second-order valence-electron chi connectivity index (χ2n) is 5.93. The minimum Gasteiger partial charge on any atom is -0.344 e. The molecule has 0 aromatic carbocycles. The zero-order valence-corrected chi connectivity index (χ0v) is 12.2. The first-order chi connectivity index (χ1) is 10.1. The number of likely N-dealkylation sites (N-methyl/N-ethyl adjacent to an activating group) is 1. The van der Waals surface area contributed by atoms with Gasteiger partial charge in [-0.2, -0.15) is 0 Å². The Morgan fingerprint density at radius 2 is 2.38 bits per heavy atom. The lowest BCUT2D eigenvalue weighted by molar-refractivity contribution is -0.126. The molecule has 6 nitrogen and oxygen atoms in total. The lowest BCUT2D eigenvalue weighted by Gasteiger charge is -2.17. The lowest BCUT2D eigenvalue weighted by Crippen LogP contribution is -2.32. The van der Waals surface area contributed by atoms with Crippen molar-refractivity contribution >= 4 is 11.9 Å². The van der Waals surface area contributed by atoms with Gasteiger partial charge < -0.3 is 5.32 Å². The zero-order valence-electron chi connectivity index (χ0n) is 12.2. The van der Waals surface area contributed by atoms with Gasteiger partial charge in [0.25, 0.3) is 5.91 Å². The van der Waals surface area contributed by atoms with Crippen LogP contribution in [0.3, 0.4) is 0 Å². The Kier molecular flexibility index (Phi) is 3.88. The number of hydrogen-bond acceptors (Lipinski definition) is 4. The van der Waals surface area contributed by atoms with Crippen LogP contribution in [0.5, 0.6) is 0 Å². The second-order valence-corrected chi connectivity index (χ2v) is 5.93. The summed E-state index contributed by atoms with van der Waals surface area (Å²) in [6, 6.07) is 3.84. The second kappa shape index (κ2) is 5.81. The topological polar surface area (TPSA) is 72.3 Å². The fourth-order valence-electron chi connectivity index (χ4n) is 3.16. The van der Waals surface area contributed by atoms with Gasteiger partial charge in [0.2, 0.25) is 0 Å². The average molecular weight is 287 g/mol. The Bertz CT molecular complexity index is 532. The molecule has 0 aliphatic carbocycles. The van der Waals surface area contributed by atoms with Gasteiger partial charge in [-0.1, -0.05) is 6.07 Å². The maximum absolute atomic E-state index is 12.0. The molecule has 1 aromatic rings. The highest BCUT2D eigenvalue weighted by Crippen LogP contribution is 2.24. The van der Waals surface area contributed by atoms with Gasteiger partial charge in [0, 0.05) is 32.5 Å². The molecule has 3 rings (SSSR count). The molecule has 6 heteroatoms. The number of nitrogens with zero attached hydrogens (tertiary/aromatic N) is 3. The van der Waals surface area contributed by atoms with Gasteiger partial charge in [-0.3, -0.25) is 25.0 Å². The van der Waals surface area contributed by atoms with Gasteiger partial charge in [0.15, 0.2) is 5.96 Å². The number of pyridine rings is 1. The van der Waals surface area contributed by atoms with Gasteiger partial charge in [-0.05, 0) is 36.9 Å². The van der Waals surface area contributed by atoms with Crippen LogP contribution in [0, 0.1) is 11.3 Å². The molecule has 0 saturated carbocycles. The van der Waals surface area contributed by atoms with E-state index in [1.165, 1.54) is 10.5 Å². The van der Waals surface area contributed by atoms with E-state index in [9.17, 15) is 4.79 Å². The number of amides is 1. The molecule has 0 spiro atoms. The Hall–Kier alpha value is -1.95. The molecule has 2 aliphatic rings. The summed E-state index contributed by atoms with van der Waals surface area (Å²) < 4.78 is 0. The van der Waals surface area contributed by atoms with Crippen LogP contribution in [0.4, 0.5) is 0 Å². The summed E-state index contributed by atoms with van der Waals surface area (Å²) in [7, 11) is 1.65. The van der Waals surface area contributed by atoms with Crippen LogP contribution in [-0.2, 0) is 11.3 Å². The van der Waals surface area contributed by atoms with Crippen molar-refractivity contribution in [3.8, 4) is 0 Å². The van der Waals surface area contributed by atoms with Crippen molar-refractivity contribution in [2.24, 2.45) is 5.92 Å². The predicted octanol–water partition coefficient (Wildman–Crippen LogP) is 0.659. The molecular weight excluding hydrogens is 266 g/mol. The number of guanidine groups is 1. The fourth-order valence-corrected chi connectivity index (χ4v) is 3.16. The summed E-state index contributed by atoms with van der Waals surface area (Å²) in [5.41, 5.74) is 1.23. The fraction of sp³-hybridized carbons (Fsp3) is 0.533. The van der Waals surface area contributed by atoms with Crippen molar-refractivity contribution in [2.45, 2.75) is 25.4 Å². The largest absolute Gasteiger partial charge is 0.344 e. The quantitative estimate of drug-likeness (QED) is 0.853. The Morgan fingerprint density at radius 1 is 1.52 bits per heavy atom. The van der Waals surface area contributed by atoms with Crippen LogP contribution in [0.2, 0.25) is 0 Å². The van der Waals surface area contributed by atoms with Crippen molar-refractivity contribution in [1.29, 1.82) is 5.41 Å². The van der Waals surface area contributed by atoms with E-state index in [1.54, 1.807) is 13.2 Å². The summed E-state index contributed by atoms with van der Waals surface area (Å²) in [4.78, 5) is 19.9. The smallest absolute Gasteiger partial charge is 0.251 e. The molecule has 21 heavy (non-hydrogen) atoms. The number of aromatic nitrogens is 1. The highest BCUT2D eigenvalue weighted by molar-refractivity contribution is 6.04. The van der Waals surface area contributed by atoms with Gasteiger partial charge in [0.1, 0.15) is 6.04 Å². The first-order valence-electron chi connectivity index (χ1n) is 7.37. The Balaban J connectivity index is 1.51. The van der Waals surface area contributed by atoms with E-state index in [0.29, 0.717) is 5.92 Å². The molecule has 2 N–H and O–H groups in total. The minimum atomic E-state index is -0.217. The van der Waals surface area contributed by atoms with Crippen LogP contribution in [0.25, 0.3) is 0 Å². The van der Waals surface area contributed by atoms with Crippen LogP contribution >= 0.6 is 0 Å². The average Bonchev–Trinajstić information content (AvgIpc) is 3.01. The molecule has 3 heterocycles. The molecule has 112 valence electrons. The van der Waals surface area contributed by atoms with E-state index in [1.807, 2.05) is 12.3 Å². The number of carbonyl (C=O) groups is 1. The number of hydrogen-bond donors (Lipinski definition) is 2. The van der Waals surface area contributed by atoms with Crippen LogP contribution in [-0.4, -0.2) is 52.8 Å². The maximum Gasteiger partial charge on any atom is 0.251 e. The third-order valence-electron chi connectivity index (χ3n) is 4.34. The predicted molar refractivity (Wildman–Crippen MR) is 79.7 cm³/mol.